The molecule has 1 atom stereocenters. The number of hydrogen-bond donors (Lipinski definition) is 1. The lowest BCUT2D eigenvalue weighted by Gasteiger charge is -2.15. The molecule has 9 heteroatoms. The van der Waals surface area contributed by atoms with Gasteiger partial charge in [-0.15, -0.1) is 0 Å². The number of carbonyl (C=O) groups excluding carboxylic acids is 2. The van der Waals surface area contributed by atoms with E-state index in [0.29, 0.717) is 47.2 Å². The predicted octanol–water partition coefficient (Wildman–Crippen LogP) is 2.41. The fourth-order valence-electron chi connectivity index (χ4n) is 3.71. The van der Waals surface area contributed by atoms with Gasteiger partial charge in [-0.1, -0.05) is 12.1 Å². The third-order valence-corrected chi connectivity index (χ3v) is 5.39. The molecule has 160 valence electrons. The average Bonchev–Trinajstić information content (AvgIpc) is 3.43. The van der Waals surface area contributed by atoms with Crippen molar-refractivity contribution in [3.63, 3.8) is 0 Å². The van der Waals surface area contributed by atoms with Crippen LogP contribution in [0.4, 0.5) is 5.69 Å². The molecule has 1 saturated heterocycles. The van der Waals surface area contributed by atoms with Gasteiger partial charge in [0.15, 0.2) is 0 Å². The van der Waals surface area contributed by atoms with E-state index >= 15 is 0 Å². The smallest absolute Gasteiger partial charge is 0.259 e. The number of para-hydroxylation sites is 2. The minimum atomic E-state index is -0.298. The van der Waals surface area contributed by atoms with Gasteiger partial charge >= 0.3 is 0 Å². The number of hydrogen-bond acceptors (Lipinski definition) is 6. The number of nitrogens with one attached hydrogen (secondary N) is 1. The minimum Gasteiger partial charge on any atom is -0.495 e. The molecule has 4 rings (SSSR count). The van der Waals surface area contributed by atoms with Crippen LogP contribution in [0.15, 0.2) is 42.9 Å². The van der Waals surface area contributed by atoms with Crippen LogP contribution < -0.4 is 10.1 Å². The van der Waals surface area contributed by atoms with E-state index in [4.69, 9.17) is 4.74 Å². The van der Waals surface area contributed by atoms with Crippen LogP contribution in [0.2, 0.25) is 0 Å². The van der Waals surface area contributed by atoms with Gasteiger partial charge in [-0.05, 0) is 25.5 Å². The molecule has 1 aliphatic heterocycles. The third-order valence-electron chi connectivity index (χ3n) is 5.39. The third kappa shape index (κ3) is 4.25. The zero-order valence-corrected chi connectivity index (χ0v) is 17.7. The SMILES string of the molecule is COc1ccccc1NC(=O)c1cnc([C@@H]2CCN(C(=O)c3cnn(C)c3)C2)nc1C. The Morgan fingerprint density at radius 2 is 2.03 bits per heavy atom. The van der Waals surface area contributed by atoms with E-state index in [0.717, 1.165) is 6.42 Å². The second kappa shape index (κ2) is 8.55. The first kappa shape index (κ1) is 20.5. The van der Waals surface area contributed by atoms with Crippen LogP contribution in [0.5, 0.6) is 5.75 Å². The summed E-state index contributed by atoms with van der Waals surface area (Å²) < 4.78 is 6.89. The van der Waals surface area contributed by atoms with Crippen LogP contribution in [0.3, 0.4) is 0 Å². The molecule has 1 aromatic carbocycles. The van der Waals surface area contributed by atoms with Crippen molar-refractivity contribution < 1.29 is 14.3 Å². The first-order chi connectivity index (χ1) is 15.0. The highest BCUT2D eigenvalue weighted by Crippen LogP contribution is 2.27. The molecule has 1 aliphatic rings. The zero-order valence-electron chi connectivity index (χ0n) is 17.7. The Balaban J connectivity index is 1.45. The molecule has 0 spiro atoms. The lowest BCUT2D eigenvalue weighted by atomic mass is 10.1. The van der Waals surface area contributed by atoms with Crippen LogP contribution in [-0.2, 0) is 7.05 Å². The zero-order chi connectivity index (χ0) is 22.0. The Bertz CT molecular complexity index is 1130. The Morgan fingerprint density at radius 1 is 1.23 bits per heavy atom. The molecule has 1 N–H and O–H groups in total. The van der Waals surface area contributed by atoms with Crippen molar-refractivity contribution in [3.05, 3.63) is 65.5 Å². The highest BCUT2D eigenvalue weighted by molar-refractivity contribution is 6.05. The van der Waals surface area contributed by atoms with Gasteiger partial charge in [0, 0.05) is 38.4 Å². The number of likely N-dealkylation sites (tertiary alicyclic amines) is 1. The maximum absolute atomic E-state index is 12.7. The van der Waals surface area contributed by atoms with Crippen LogP contribution in [0, 0.1) is 6.92 Å². The van der Waals surface area contributed by atoms with Gasteiger partial charge in [-0.2, -0.15) is 5.10 Å². The summed E-state index contributed by atoms with van der Waals surface area (Å²) in [6.07, 6.45) is 5.61. The second-order valence-electron chi connectivity index (χ2n) is 7.52. The van der Waals surface area contributed by atoms with Crippen LogP contribution in [0.1, 0.15) is 44.6 Å². The fraction of sp³-hybridized carbons (Fsp3) is 0.318. The van der Waals surface area contributed by atoms with E-state index in [1.807, 2.05) is 12.1 Å². The fourth-order valence-corrected chi connectivity index (χ4v) is 3.71. The van der Waals surface area contributed by atoms with Crippen molar-refractivity contribution in [2.45, 2.75) is 19.3 Å². The Hall–Kier alpha value is -3.75. The number of ether oxygens (including phenoxy) is 1. The molecule has 2 aromatic heterocycles. The molecule has 9 nitrogen and oxygen atoms in total. The summed E-state index contributed by atoms with van der Waals surface area (Å²) in [4.78, 5) is 36.2. The van der Waals surface area contributed by atoms with Gasteiger partial charge in [0.2, 0.25) is 0 Å². The van der Waals surface area contributed by atoms with Crippen molar-refractivity contribution >= 4 is 17.5 Å². The molecular formula is C22H24N6O3. The standard InChI is InChI=1S/C22H24N6O3/c1-14-17(21(29)26-18-6-4-5-7-19(18)31-3)11-23-20(25-14)15-8-9-28(13-15)22(30)16-10-24-27(2)12-16/h4-7,10-12,15H,8-9,13H2,1-3H3,(H,26,29)/t15-/m1/s1. The Labute approximate surface area is 180 Å². The van der Waals surface area contributed by atoms with Gasteiger partial charge in [0.25, 0.3) is 11.8 Å². The first-order valence-electron chi connectivity index (χ1n) is 10.0. The molecule has 1 fully saturated rings. The Morgan fingerprint density at radius 3 is 2.74 bits per heavy atom. The average molecular weight is 420 g/mol. The van der Waals surface area contributed by atoms with E-state index in [2.05, 4.69) is 20.4 Å². The molecule has 0 aliphatic carbocycles. The number of rotatable bonds is 5. The lowest BCUT2D eigenvalue weighted by molar-refractivity contribution is 0.0790. The maximum atomic E-state index is 12.7. The van der Waals surface area contributed by atoms with Crippen molar-refractivity contribution in [1.82, 2.24) is 24.6 Å². The largest absolute Gasteiger partial charge is 0.495 e. The molecule has 3 heterocycles. The van der Waals surface area contributed by atoms with E-state index in [-0.39, 0.29) is 17.7 Å². The predicted molar refractivity (Wildman–Crippen MR) is 114 cm³/mol. The number of benzene rings is 1. The van der Waals surface area contributed by atoms with Crippen molar-refractivity contribution in [2.75, 3.05) is 25.5 Å². The molecule has 0 radical (unpaired) electrons. The summed E-state index contributed by atoms with van der Waals surface area (Å²) in [6.45, 7) is 2.96. The normalized spacial score (nSPS) is 15.7. The highest BCUT2D eigenvalue weighted by Gasteiger charge is 2.30. The molecule has 0 saturated carbocycles. The molecule has 31 heavy (non-hydrogen) atoms. The van der Waals surface area contributed by atoms with Gasteiger partial charge in [-0.25, -0.2) is 9.97 Å². The number of aromatic nitrogens is 4. The molecular weight excluding hydrogens is 396 g/mol. The molecule has 3 aromatic rings. The number of nitrogens with zero attached hydrogens (tertiary/aromatic N) is 5. The number of carbonyl (C=O) groups is 2. The van der Waals surface area contributed by atoms with Crippen molar-refractivity contribution in [2.24, 2.45) is 7.05 Å². The van der Waals surface area contributed by atoms with E-state index in [1.165, 1.54) is 0 Å². The van der Waals surface area contributed by atoms with Crippen molar-refractivity contribution in [1.29, 1.82) is 0 Å². The summed E-state index contributed by atoms with van der Waals surface area (Å²) in [7, 11) is 3.34. The molecule has 2 amide bonds. The number of aryl methyl sites for hydroxylation is 2. The summed E-state index contributed by atoms with van der Waals surface area (Å²) in [5.74, 6) is 0.919. The number of amides is 2. The van der Waals surface area contributed by atoms with E-state index in [1.54, 1.807) is 61.4 Å². The summed E-state index contributed by atoms with van der Waals surface area (Å²) >= 11 is 0. The maximum Gasteiger partial charge on any atom is 0.259 e. The Kier molecular flexibility index (Phi) is 5.66. The number of anilines is 1. The highest BCUT2D eigenvalue weighted by atomic mass is 16.5. The van der Waals surface area contributed by atoms with Crippen molar-refractivity contribution in [3.8, 4) is 5.75 Å². The van der Waals surface area contributed by atoms with Crippen LogP contribution in [0.25, 0.3) is 0 Å². The van der Waals surface area contributed by atoms with E-state index < -0.39 is 0 Å². The number of methoxy groups -OCH3 is 1. The van der Waals surface area contributed by atoms with Crippen LogP contribution in [-0.4, -0.2) is 56.7 Å². The molecule has 0 bridgehead atoms. The van der Waals surface area contributed by atoms with Gasteiger partial charge in [0.05, 0.1) is 35.8 Å². The monoisotopic (exact) mass is 420 g/mol. The van der Waals surface area contributed by atoms with E-state index in [9.17, 15) is 9.59 Å². The first-order valence-corrected chi connectivity index (χ1v) is 10.0. The van der Waals surface area contributed by atoms with Gasteiger partial charge < -0.3 is 15.0 Å². The minimum absolute atomic E-state index is 0.0330. The van der Waals surface area contributed by atoms with Crippen LogP contribution >= 0.6 is 0 Å². The molecule has 0 unspecified atom stereocenters. The second-order valence-corrected chi connectivity index (χ2v) is 7.52. The summed E-state index contributed by atoms with van der Waals surface area (Å²) in [5.41, 5.74) is 2.15. The van der Waals surface area contributed by atoms with Gasteiger partial charge in [-0.3, -0.25) is 14.3 Å². The quantitative estimate of drug-likeness (QED) is 0.680. The topological polar surface area (TPSA) is 102 Å². The lowest BCUT2D eigenvalue weighted by Crippen LogP contribution is -2.28. The summed E-state index contributed by atoms with van der Waals surface area (Å²) in [6, 6.07) is 7.21. The van der Waals surface area contributed by atoms with Gasteiger partial charge in [0.1, 0.15) is 11.6 Å². The summed E-state index contributed by atoms with van der Waals surface area (Å²) in [5, 5.41) is 6.91.